The van der Waals surface area contributed by atoms with Crippen molar-refractivity contribution < 1.29 is 9.53 Å². The maximum absolute atomic E-state index is 13.1. The highest BCUT2D eigenvalue weighted by molar-refractivity contribution is 5.81. The van der Waals surface area contributed by atoms with Crippen LogP contribution in [0.3, 0.4) is 0 Å². The molecule has 0 saturated carbocycles. The molecule has 3 aromatic rings. The number of hydrogen-bond acceptors (Lipinski definition) is 6. The van der Waals surface area contributed by atoms with Gasteiger partial charge in [-0.3, -0.25) is 9.78 Å². The zero-order chi connectivity index (χ0) is 22.5. The van der Waals surface area contributed by atoms with E-state index < -0.39 is 0 Å². The predicted octanol–water partition coefficient (Wildman–Crippen LogP) is 4.56. The van der Waals surface area contributed by atoms with Gasteiger partial charge in [0.05, 0.1) is 5.69 Å². The smallest absolute Gasteiger partial charge is 0.251 e. The van der Waals surface area contributed by atoms with E-state index in [2.05, 4.69) is 10.3 Å². The average Bonchev–Trinajstić information content (AvgIpc) is 2.90. The van der Waals surface area contributed by atoms with Gasteiger partial charge >= 0.3 is 0 Å². The first kappa shape index (κ1) is 21.5. The van der Waals surface area contributed by atoms with Gasteiger partial charge in [-0.05, 0) is 56.4 Å². The van der Waals surface area contributed by atoms with Crippen molar-refractivity contribution in [2.24, 2.45) is 0 Å². The number of hydrogen-bond donors (Lipinski definition) is 1. The van der Waals surface area contributed by atoms with Crippen LogP contribution in [0.1, 0.15) is 43.8 Å². The first-order chi connectivity index (χ1) is 16.3. The van der Waals surface area contributed by atoms with Crippen molar-refractivity contribution in [1.29, 1.82) is 0 Å². The van der Waals surface area contributed by atoms with Gasteiger partial charge in [0.1, 0.15) is 17.7 Å². The molecule has 2 saturated heterocycles. The van der Waals surface area contributed by atoms with Gasteiger partial charge in [0.15, 0.2) is 0 Å². The summed E-state index contributed by atoms with van der Waals surface area (Å²) in [5, 5.41) is 3.41. The van der Waals surface area contributed by atoms with Crippen LogP contribution in [0.2, 0.25) is 0 Å². The zero-order valence-corrected chi connectivity index (χ0v) is 18.7. The van der Waals surface area contributed by atoms with Gasteiger partial charge in [-0.2, -0.15) is 0 Å². The molecule has 2 aliphatic rings. The van der Waals surface area contributed by atoms with Gasteiger partial charge in [0.2, 0.25) is 0 Å². The van der Waals surface area contributed by atoms with Crippen LogP contribution in [0, 0.1) is 0 Å². The molecule has 1 N–H and O–H groups in total. The summed E-state index contributed by atoms with van der Waals surface area (Å²) in [4.78, 5) is 29.0. The Morgan fingerprint density at radius 3 is 2.64 bits per heavy atom. The fourth-order valence-corrected chi connectivity index (χ4v) is 4.58. The number of anilines is 2. The Balaban J connectivity index is 1.42. The molecule has 2 atom stereocenters. The van der Waals surface area contributed by atoms with Crippen LogP contribution in [-0.4, -0.2) is 51.6 Å². The predicted molar refractivity (Wildman–Crippen MR) is 127 cm³/mol. The number of amides is 1. The Morgan fingerprint density at radius 2 is 1.85 bits per heavy atom. The number of para-hydroxylation sites is 1. The van der Waals surface area contributed by atoms with Crippen molar-refractivity contribution in [2.45, 2.75) is 44.1 Å². The summed E-state index contributed by atoms with van der Waals surface area (Å²) < 4.78 is 5.76. The molecule has 4 heterocycles. The van der Waals surface area contributed by atoms with E-state index in [0.717, 1.165) is 67.2 Å². The third-order valence-corrected chi connectivity index (χ3v) is 6.32. The Morgan fingerprint density at radius 1 is 1.00 bits per heavy atom. The molecule has 1 amide bonds. The van der Waals surface area contributed by atoms with Crippen molar-refractivity contribution in [3.63, 3.8) is 0 Å². The van der Waals surface area contributed by atoms with Gasteiger partial charge in [-0.15, -0.1) is 0 Å². The zero-order valence-electron chi connectivity index (χ0n) is 18.7. The lowest BCUT2D eigenvalue weighted by molar-refractivity contribution is -0.147. The van der Waals surface area contributed by atoms with E-state index in [9.17, 15) is 4.79 Å². The van der Waals surface area contributed by atoms with E-state index in [-0.39, 0.29) is 17.9 Å². The lowest BCUT2D eigenvalue weighted by Gasteiger charge is -2.35. The first-order valence-electron chi connectivity index (χ1n) is 11.8. The van der Waals surface area contributed by atoms with Crippen LogP contribution in [0.5, 0.6) is 0 Å². The molecule has 1 aromatic carbocycles. The number of likely N-dealkylation sites (tertiary alicyclic amines) is 1. The molecule has 0 radical (unpaired) electrons. The topological polar surface area (TPSA) is 80.2 Å². The molecular formula is C26H29N5O2. The third-order valence-electron chi connectivity index (χ3n) is 6.32. The molecule has 2 aliphatic heterocycles. The largest absolute Gasteiger partial charge is 0.368 e. The molecule has 2 fully saturated rings. The summed E-state index contributed by atoms with van der Waals surface area (Å²) >= 11 is 0. The van der Waals surface area contributed by atoms with Crippen LogP contribution in [-0.2, 0) is 9.53 Å². The van der Waals surface area contributed by atoms with Crippen LogP contribution >= 0.6 is 0 Å². The van der Waals surface area contributed by atoms with Crippen molar-refractivity contribution in [1.82, 2.24) is 19.9 Å². The molecule has 33 heavy (non-hydrogen) atoms. The number of carbonyl (C=O) groups is 1. The van der Waals surface area contributed by atoms with E-state index in [1.54, 1.807) is 12.4 Å². The van der Waals surface area contributed by atoms with Crippen LogP contribution < -0.4 is 5.32 Å². The highest BCUT2D eigenvalue weighted by Crippen LogP contribution is 2.30. The second-order valence-corrected chi connectivity index (χ2v) is 8.70. The van der Waals surface area contributed by atoms with Gasteiger partial charge in [-0.1, -0.05) is 18.2 Å². The fraction of sp³-hybridized carbons (Fsp3) is 0.385. The normalized spacial score (nSPS) is 20.9. The van der Waals surface area contributed by atoms with E-state index in [0.29, 0.717) is 13.2 Å². The first-order valence-corrected chi connectivity index (χ1v) is 11.8. The number of rotatable bonds is 5. The van der Waals surface area contributed by atoms with Gasteiger partial charge in [0, 0.05) is 55.3 Å². The second kappa shape index (κ2) is 10.1. The molecule has 0 aliphatic carbocycles. The molecule has 170 valence electrons. The SMILES string of the molecule is O=C([C@H]1CCCCO1)N1CCC[C@H](c2nc(Nc3ccccc3)cc(-c3ccncc3)n2)C1. The quantitative estimate of drug-likeness (QED) is 0.623. The number of nitrogens with one attached hydrogen (secondary N) is 1. The molecule has 5 rings (SSSR count). The van der Waals surface area contributed by atoms with Crippen LogP contribution in [0.15, 0.2) is 60.9 Å². The Kier molecular flexibility index (Phi) is 6.58. The Hall–Kier alpha value is -3.32. The maximum Gasteiger partial charge on any atom is 0.251 e. The molecule has 0 spiro atoms. The Bertz CT molecular complexity index is 1070. The van der Waals surface area contributed by atoms with Gasteiger partial charge in [-0.25, -0.2) is 9.97 Å². The minimum Gasteiger partial charge on any atom is -0.368 e. The van der Waals surface area contributed by atoms with E-state index in [4.69, 9.17) is 14.7 Å². The molecular weight excluding hydrogens is 414 g/mol. The summed E-state index contributed by atoms with van der Waals surface area (Å²) in [5.41, 5.74) is 2.81. The number of ether oxygens (including phenoxy) is 1. The van der Waals surface area contributed by atoms with E-state index in [1.807, 2.05) is 53.4 Å². The lowest BCUT2D eigenvalue weighted by Crippen LogP contribution is -2.46. The number of piperidine rings is 1. The maximum atomic E-state index is 13.1. The van der Waals surface area contributed by atoms with Gasteiger partial charge in [0.25, 0.3) is 5.91 Å². The molecule has 7 heteroatoms. The monoisotopic (exact) mass is 443 g/mol. The highest BCUT2D eigenvalue weighted by atomic mass is 16.5. The molecule has 2 aromatic heterocycles. The molecule has 7 nitrogen and oxygen atoms in total. The van der Waals surface area contributed by atoms with Crippen molar-refractivity contribution >= 4 is 17.4 Å². The average molecular weight is 444 g/mol. The fourth-order valence-electron chi connectivity index (χ4n) is 4.58. The molecule has 0 unspecified atom stereocenters. The summed E-state index contributed by atoms with van der Waals surface area (Å²) in [6, 6.07) is 15.9. The minimum absolute atomic E-state index is 0.0874. The number of carbonyl (C=O) groups excluding carboxylic acids is 1. The van der Waals surface area contributed by atoms with E-state index >= 15 is 0 Å². The number of pyridine rings is 1. The minimum atomic E-state index is -0.295. The lowest BCUT2D eigenvalue weighted by atomic mass is 9.95. The number of aromatic nitrogens is 3. The number of benzene rings is 1. The Labute approximate surface area is 194 Å². The molecule has 0 bridgehead atoms. The summed E-state index contributed by atoms with van der Waals surface area (Å²) in [7, 11) is 0. The second-order valence-electron chi connectivity index (χ2n) is 8.70. The van der Waals surface area contributed by atoms with Crippen molar-refractivity contribution in [2.75, 3.05) is 25.0 Å². The van der Waals surface area contributed by atoms with Crippen LogP contribution in [0.4, 0.5) is 11.5 Å². The summed E-state index contributed by atoms with van der Waals surface area (Å²) in [5.74, 6) is 1.72. The van der Waals surface area contributed by atoms with Crippen molar-refractivity contribution in [3.8, 4) is 11.3 Å². The van der Waals surface area contributed by atoms with Crippen LogP contribution in [0.25, 0.3) is 11.3 Å². The number of nitrogens with zero attached hydrogens (tertiary/aromatic N) is 4. The third kappa shape index (κ3) is 5.20. The standard InChI is InChI=1S/C26H29N5O2/c32-26(23-10-4-5-16-33-23)31-15-6-7-20(18-31)25-29-22(19-11-13-27-14-12-19)17-24(30-25)28-21-8-2-1-3-9-21/h1-3,8-9,11-14,17,20,23H,4-7,10,15-16,18H2,(H,28,29,30)/t20-,23+/m0/s1. The van der Waals surface area contributed by atoms with E-state index in [1.165, 1.54) is 0 Å². The van der Waals surface area contributed by atoms with Gasteiger partial charge < -0.3 is 15.0 Å². The summed E-state index contributed by atoms with van der Waals surface area (Å²) in [6.45, 7) is 2.08. The van der Waals surface area contributed by atoms with Crippen molar-refractivity contribution in [3.05, 3.63) is 66.7 Å². The summed E-state index contributed by atoms with van der Waals surface area (Å²) in [6.07, 6.45) is 8.06. The highest BCUT2D eigenvalue weighted by Gasteiger charge is 2.32.